The fourth-order valence-electron chi connectivity index (χ4n) is 3.63. The van der Waals surface area contributed by atoms with Gasteiger partial charge in [0.05, 0.1) is 16.5 Å². The maximum absolute atomic E-state index is 12.6. The van der Waals surface area contributed by atoms with E-state index in [0.29, 0.717) is 23.0 Å². The molecular formula is C27H27BrN2O3S. The molecule has 0 aliphatic carbocycles. The molecule has 1 aliphatic heterocycles. The number of amides is 1. The highest BCUT2D eigenvalue weighted by molar-refractivity contribution is 9.10. The lowest BCUT2D eigenvalue weighted by atomic mass is 10.1. The lowest BCUT2D eigenvalue weighted by Gasteiger charge is -2.14. The van der Waals surface area contributed by atoms with E-state index in [1.807, 2.05) is 42.5 Å². The van der Waals surface area contributed by atoms with Gasteiger partial charge in [-0.05, 0) is 76.3 Å². The normalized spacial score (nSPS) is 16.4. The molecule has 1 aliphatic rings. The summed E-state index contributed by atoms with van der Waals surface area (Å²) in [6.45, 7) is 4.62. The minimum atomic E-state index is -0.228. The van der Waals surface area contributed by atoms with Gasteiger partial charge in [-0.15, -0.1) is 0 Å². The first-order valence-corrected chi connectivity index (χ1v) is 12.7. The maximum Gasteiger partial charge on any atom is 0.260 e. The van der Waals surface area contributed by atoms with Crippen LogP contribution in [-0.4, -0.2) is 18.5 Å². The smallest absolute Gasteiger partial charge is 0.260 e. The molecule has 34 heavy (non-hydrogen) atoms. The summed E-state index contributed by atoms with van der Waals surface area (Å²) in [5, 5.41) is 6.33. The average Bonchev–Trinajstić information content (AvgIpc) is 3.16. The molecule has 1 heterocycles. The Morgan fingerprint density at radius 3 is 2.62 bits per heavy atom. The quantitative estimate of drug-likeness (QED) is 0.320. The number of rotatable bonds is 8. The summed E-state index contributed by atoms with van der Waals surface area (Å²) in [6.07, 6.45) is 2.86. The van der Waals surface area contributed by atoms with Gasteiger partial charge in [-0.1, -0.05) is 60.6 Å². The van der Waals surface area contributed by atoms with Crippen LogP contribution in [-0.2, 0) is 17.8 Å². The molecular weight excluding hydrogens is 512 g/mol. The van der Waals surface area contributed by atoms with Gasteiger partial charge in [-0.2, -0.15) is 0 Å². The van der Waals surface area contributed by atoms with Crippen LogP contribution in [0.3, 0.4) is 0 Å². The number of carbonyl (C=O) groups is 1. The number of halogens is 1. The second-order valence-electron chi connectivity index (χ2n) is 7.99. The van der Waals surface area contributed by atoms with Crippen LogP contribution < -0.4 is 20.1 Å². The molecule has 0 saturated carbocycles. The van der Waals surface area contributed by atoms with E-state index in [2.05, 4.69) is 64.7 Å². The number of benzene rings is 3. The molecule has 4 rings (SSSR count). The number of ether oxygens (including phenoxy) is 2. The molecule has 0 bridgehead atoms. The molecule has 0 unspecified atom stereocenters. The Morgan fingerprint density at radius 2 is 1.91 bits per heavy atom. The van der Waals surface area contributed by atoms with Crippen molar-refractivity contribution in [2.24, 2.45) is 0 Å². The summed E-state index contributed by atoms with van der Waals surface area (Å²) >= 11 is 5.06. The van der Waals surface area contributed by atoms with E-state index < -0.39 is 0 Å². The lowest BCUT2D eigenvalue weighted by molar-refractivity contribution is -0.116. The Balaban J connectivity index is 1.47. The van der Waals surface area contributed by atoms with Crippen molar-refractivity contribution < 1.29 is 14.3 Å². The van der Waals surface area contributed by atoms with E-state index in [-0.39, 0.29) is 11.4 Å². The molecule has 1 amide bonds. The van der Waals surface area contributed by atoms with Gasteiger partial charge in [0.1, 0.15) is 6.61 Å². The summed E-state index contributed by atoms with van der Waals surface area (Å²) in [5.41, 5.74) is 5.14. The molecule has 1 saturated heterocycles. The molecule has 7 heteroatoms. The molecule has 176 valence electrons. The van der Waals surface area contributed by atoms with Crippen molar-refractivity contribution in [2.75, 3.05) is 12.4 Å². The van der Waals surface area contributed by atoms with Crippen LogP contribution in [0.5, 0.6) is 11.5 Å². The Kier molecular flexibility index (Phi) is 7.85. The van der Waals surface area contributed by atoms with Crippen LogP contribution in [0.15, 0.2) is 70.0 Å². The zero-order valence-electron chi connectivity index (χ0n) is 19.4. The van der Waals surface area contributed by atoms with Gasteiger partial charge in [-0.3, -0.25) is 4.79 Å². The molecule has 1 atom stereocenters. The Bertz CT molecular complexity index is 1210. The van der Waals surface area contributed by atoms with Crippen LogP contribution >= 0.6 is 27.7 Å². The van der Waals surface area contributed by atoms with Gasteiger partial charge >= 0.3 is 0 Å². The first-order chi connectivity index (χ1) is 16.4. The highest BCUT2D eigenvalue weighted by Crippen LogP contribution is 2.39. The van der Waals surface area contributed by atoms with Crippen molar-refractivity contribution >= 4 is 45.4 Å². The van der Waals surface area contributed by atoms with Gasteiger partial charge in [0.15, 0.2) is 17.0 Å². The van der Waals surface area contributed by atoms with Gasteiger partial charge < -0.3 is 20.1 Å². The molecule has 0 aromatic heterocycles. The molecule has 5 nitrogen and oxygen atoms in total. The summed E-state index contributed by atoms with van der Waals surface area (Å²) in [7, 11) is 1.61. The number of hydrogen-bond donors (Lipinski definition) is 2. The Labute approximate surface area is 213 Å². The molecule has 3 aromatic carbocycles. The summed E-state index contributed by atoms with van der Waals surface area (Å²) in [6, 6.07) is 20.3. The van der Waals surface area contributed by atoms with Crippen LogP contribution in [0.1, 0.15) is 29.2 Å². The standard InChI is InChI=1S/C27H27BrN2O3S/c1-4-18-8-10-21(11-9-18)29-27-30-26(31)24(34-27)15-20-13-22(28)25(23(14-20)32-3)33-16-19-7-5-6-17(2)12-19/h5-15,27,29H,4,16H2,1-3H3,(H,30,31)/b24-15-/t27-/m0/s1. The monoisotopic (exact) mass is 538 g/mol. The van der Waals surface area contributed by atoms with E-state index in [1.54, 1.807) is 7.11 Å². The van der Waals surface area contributed by atoms with Crippen molar-refractivity contribution in [3.63, 3.8) is 0 Å². The van der Waals surface area contributed by atoms with E-state index in [4.69, 9.17) is 9.47 Å². The first kappa shape index (κ1) is 24.2. The summed E-state index contributed by atoms with van der Waals surface area (Å²) in [4.78, 5) is 13.2. The number of thioether (sulfide) groups is 1. The van der Waals surface area contributed by atoms with Crippen LogP contribution in [0.2, 0.25) is 0 Å². The average molecular weight is 539 g/mol. The predicted molar refractivity (Wildman–Crippen MR) is 143 cm³/mol. The van der Waals surface area contributed by atoms with Crippen molar-refractivity contribution in [1.29, 1.82) is 0 Å². The third kappa shape index (κ3) is 5.96. The van der Waals surface area contributed by atoms with Crippen LogP contribution in [0, 0.1) is 6.92 Å². The van der Waals surface area contributed by atoms with Crippen LogP contribution in [0.4, 0.5) is 5.69 Å². The minimum Gasteiger partial charge on any atom is -0.493 e. The van der Waals surface area contributed by atoms with E-state index in [9.17, 15) is 4.79 Å². The first-order valence-electron chi connectivity index (χ1n) is 11.1. The summed E-state index contributed by atoms with van der Waals surface area (Å²) < 4.78 is 12.4. The van der Waals surface area contributed by atoms with Crippen LogP contribution in [0.25, 0.3) is 6.08 Å². The second-order valence-corrected chi connectivity index (χ2v) is 9.99. The second kappa shape index (κ2) is 11.0. The fourth-order valence-corrected chi connectivity index (χ4v) is 5.18. The van der Waals surface area contributed by atoms with Crippen molar-refractivity contribution in [3.8, 4) is 11.5 Å². The SMILES string of the molecule is CCc1ccc(N[C@H]2NC(=O)/C(=C/c3cc(Br)c(OCc4cccc(C)c4)c(OC)c3)S2)cc1. The number of nitrogens with one attached hydrogen (secondary N) is 2. The van der Waals surface area contributed by atoms with E-state index >= 15 is 0 Å². The third-order valence-electron chi connectivity index (χ3n) is 5.41. The third-order valence-corrected chi connectivity index (χ3v) is 7.02. The molecule has 1 fully saturated rings. The largest absolute Gasteiger partial charge is 0.493 e. The van der Waals surface area contributed by atoms with Gasteiger partial charge in [0.25, 0.3) is 5.91 Å². The van der Waals surface area contributed by atoms with Crippen molar-refractivity contribution in [3.05, 3.63) is 92.3 Å². The van der Waals surface area contributed by atoms with Gasteiger partial charge in [0.2, 0.25) is 0 Å². The lowest BCUT2D eigenvalue weighted by Crippen LogP contribution is -2.30. The molecule has 3 aromatic rings. The summed E-state index contributed by atoms with van der Waals surface area (Å²) in [5.74, 6) is 1.12. The molecule has 0 spiro atoms. The fraction of sp³-hybridized carbons (Fsp3) is 0.222. The van der Waals surface area contributed by atoms with Gasteiger partial charge in [-0.25, -0.2) is 0 Å². The van der Waals surface area contributed by atoms with E-state index in [0.717, 1.165) is 27.7 Å². The van der Waals surface area contributed by atoms with E-state index in [1.165, 1.54) is 22.9 Å². The van der Waals surface area contributed by atoms with Gasteiger partial charge in [0, 0.05) is 5.69 Å². The number of carbonyl (C=O) groups excluding carboxylic acids is 1. The number of hydrogen-bond acceptors (Lipinski definition) is 5. The zero-order valence-corrected chi connectivity index (χ0v) is 21.8. The Hall–Kier alpha value is -2.90. The number of anilines is 1. The molecule has 0 radical (unpaired) electrons. The highest BCUT2D eigenvalue weighted by atomic mass is 79.9. The van der Waals surface area contributed by atoms with Crippen molar-refractivity contribution in [2.45, 2.75) is 32.4 Å². The number of methoxy groups -OCH3 is 1. The minimum absolute atomic E-state index is 0.109. The topological polar surface area (TPSA) is 59.6 Å². The molecule has 2 N–H and O–H groups in total. The highest BCUT2D eigenvalue weighted by Gasteiger charge is 2.27. The maximum atomic E-state index is 12.6. The predicted octanol–water partition coefficient (Wildman–Crippen LogP) is 6.51. The number of aryl methyl sites for hydroxylation is 2. The zero-order chi connectivity index (χ0) is 24.1. The Morgan fingerprint density at radius 1 is 1.12 bits per heavy atom. The van der Waals surface area contributed by atoms with Crippen molar-refractivity contribution in [1.82, 2.24) is 5.32 Å².